The predicted octanol–water partition coefficient (Wildman–Crippen LogP) is 2.21. The van der Waals surface area contributed by atoms with Gasteiger partial charge in [-0.1, -0.05) is 18.5 Å². The monoisotopic (exact) mass is 265 g/mol. The molecule has 0 bridgehead atoms. The van der Waals surface area contributed by atoms with Crippen LogP contribution >= 0.6 is 0 Å². The van der Waals surface area contributed by atoms with E-state index in [4.69, 9.17) is 9.26 Å². The number of ether oxygens (including phenoxy) is 1. The van der Waals surface area contributed by atoms with Crippen molar-refractivity contribution in [1.29, 1.82) is 0 Å². The van der Waals surface area contributed by atoms with E-state index >= 15 is 0 Å². The van der Waals surface area contributed by atoms with Gasteiger partial charge in [-0.3, -0.25) is 0 Å². The number of aromatic nitrogens is 2. The minimum atomic E-state index is 0.404. The number of hydrogen-bond acceptors (Lipinski definition) is 5. The third kappa shape index (κ3) is 2.82. The molecule has 2 atom stereocenters. The molecule has 1 N–H and O–H groups in total. The molecule has 5 nitrogen and oxygen atoms in total. The van der Waals surface area contributed by atoms with Gasteiger partial charge in [-0.2, -0.15) is 4.98 Å². The maximum absolute atomic E-state index is 5.54. The molecule has 1 aromatic heterocycles. The van der Waals surface area contributed by atoms with E-state index in [-0.39, 0.29) is 0 Å². The highest BCUT2D eigenvalue weighted by molar-refractivity contribution is 5.05. The summed E-state index contributed by atoms with van der Waals surface area (Å²) in [6.45, 7) is 4.79. The molecule has 0 amide bonds. The van der Waals surface area contributed by atoms with Crippen molar-refractivity contribution >= 4 is 0 Å². The van der Waals surface area contributed by atoms with Gasteiger partial charge in [0.25, 0.3) is 0 Å². The molecule has 5 heteroatoms. The summed E-state index contributed by atoms with van der Waals surface area (Å²) in [5, 5.41) is 7.74. The molecule has 2 heterocycles. The molecule has 106 valence electrons. The Kier molecular flexibility index (Phi) is 4.13. The number of nitrogens with one attached hydrogen (secondary N) is 1. The molecule has 19 heavy (non-hydrogen) atoms. The van der Waals surface area contributed by atoms with Crippen LogP contribution in [-0.2, 0) is 4.74 Å². The molecule has 1 aromatic rings. The molecule has 3 rings (SSSR count). The van der Waals surface area contributed by atoms with Gasteiger partial charge < -0.3 is 14.6 Å². The average molecular weight is 265 g/mol. The summed E-state index contributed by atoms with van der Waals surface area (Å²) in [6, 6.07) is 0.507. The lowest BCUT2D eigenvalue weighted by molar-refractivity contribution is 0.0830. The lowest BCUT2D eigenvalue weighted by Gasteiger charge is -2.18. The Morgan fingerprint density at radius 1 is 1.21 bits per heavy atom. The van der Waals surface area contributed by atoms with Gasteiger partial charge in [-0.25, -0.2) is 0 Å². The van der Waals surface area contributed by atoms with Crippen LogP contribution in [0.3, 0.4) is 0 Å². The van der Waals surface area contributed by atoms with Crippen LogP contribution in [0.1, 0.15) is 62.6 Å². The largest absolute Gasteiger partial charge is 0.381 e. The first-order valence-corrected chi connectivity index (χ1v) is 7.53. The third-order valence-electron chi connectivity index (χ3n) is 4.34. The Balaban J connectivity index is 1.69. The average Bonchev–Trinajstić information content (AvgIpc) is 3.08. The molecule has 2 fully saturated rings. The normalized spacial score (nSPS) is 28.9. The van der Waals surface area contributed by atoms with E-state index in [1.54, 1.807) is 0 Å². The highest BCUT2D eigenvalue weighted by Crippen LogP contribution is 2.35. The second-order valence-electron chi connectivity index (χ2n) is 5.58. The Morgan fingerprint density at radius 2 is 2.05 bits per heavy atom. The van der Waals surface area contributed by atoms with Gasteiger partial charge in [0.05, 0.1) is 5.92 Å². The minimum Gasteiger partial charge on any atom is -0.381 e. The quantitative estimate of drug-likeness (QED) is 0.904. The standard InChI is InChI=1S/C14H23N3O2/c1-2-15-12-5-3-4-11(12)14-16-13(17-19-14)10-6-8-18-9-7-10/h10-12,15H,2-9H2,1H3. The fourth-order valence-corrected chi connectivity index (χ4v) is 3.28. The SMILES string of the molecule is CCNC1CCCC1c1nc(C2CCOCC2)no1. The van der Waals surface area contributed by atoms with Crippen molar-refractivity contribution in [3.8, 4) is 0 Å². The third-order valence-corrected chi connectivity index (χ3v) is 4.34. The van der Waals surface area contributed by atoms with Crippen LogP contribution in [-0.4, -0.2) is 35.9 Å². The van der Waals surface area contributed by atoms with Crippen molar-refractivity contribution in [2.24, 2.45) is 0 Å². The Labute approximate surface area is 114 Å². The van der Waals surface area contributed by atoms with Gasteiger partial charge >= 0.3 is 0 Å². The minimum absolute atomic E-state index is 0.404. The second-order valence-corrected chi connectivity index (χ2v) is 5.58. The fraction of sp³-hybridized carbons (Fsp3) is 0.857. The first-order valence-electron chi connectivity index (χ1n) is 7.53. The van der Waals surface area contributed by atoms with Crippen LogP contribution in [0.4, 0.5) is 0 Å². The fourth-order valence-electron chi connectivity index (χ4n) is 3.28. The zero-order valence-corrected chi connectivity index (χ0v) is 11.6. The molecular formula is C14H23N3O2. The van der Waals surface area contributed by atoms with E-state index in [0.717, 1.165) is 50.7 Å². The molecule has 0 radical (unpaired) electrons. The zero-order chi connectivity index (χ0) is 13.1. The Morgan fingerprint density at radius 3 is 2.84 bits per heavy atom. The summed E-state index contributed by atoms with van der Waals surface area (Å²) in [7, 11) is 0. The highest BCUT2D eigenvalue weighted by atomic mass is 16.5. The van der Waals surface area contributed by atoms with Crippen molar-refractivity contribution in [3.63, 3.8) is 0 Å². The highest BCUT2D eigenvalue weighted by Gasteiger charge is 2.33. The van der Waals surface area contributed by atoms with E-state index in [9.17, 15) is 0 Å². The molecule has 1 aliphatic carbocycles. The van der Waals surface area contributed by atoms with Crippen molar-refractivity contribution in [3.05, 3.63) is 11.7 Å². The van der Waals surface area contributed by atoms with Crippen molar-refractivity contribution in [2.45, 2.75) is 56.9 Å². The summed E-state index contributed by atoms with van der Waals surface area (Å²) in [6.07, 6.45) is 5.65. The van der Waals surface area contributed by atoms with Crippen LogP contribution in [0.25, 0.3) is 0 Å². The summed E-state index contributed by atoms with van der Waals surface area (Å²) in [5.74, 6) is 2.55. The van der Waals surface area contributed by atoms with Gasteiger partial charge in [0.1, 0.15) is 0 Å². The van der Waals surface area contributed by atoms with E-state index in [1.807, 2.05) is 0 Å². The summed E-state index contributed by atoms with van der Waals surface area (Å²) < 4.78 is 10.9. The number of likely N-dealkylation sites (N-methyl/N-ethyl adjacent to an activating group) is 1. The van der Waals surface area contributed by atoms with Crippen LogP contribution in [0.15, 0.2) is 4.52 Å². The number of rotatable bonds is 4. The van der Waals surface area contributed by atoms with Crippen LogP contribution in [0, 0.1) is 0 Å². The summed E-state index contributed by atoms with van der Waals surface area (Å²) in [5.41, 5.74) is 0. The van der Waals surface area contributed by atoms with Crippen LogP contribution in [0.5, 0.6) is 0 Å². The Bertz CT molecular complexity index is 401. The lowest BCUT2D eigenvalue weighted by atomic mass is 9.99. The van der Waals surface area contributed by atoms with E-state index in [0.29, 0.717) is 17.9 Å². The van der Waals surface area contributed by atoms with Gasteiger partial charge in [-0.15, -0.1) is 0 Å². The van der Waals surface area contributed by atoms with E-state index < -0.39 is 0 Å². The number of hydrogen-bond donors (Lipinski definition) is 1. The molecule has 1 saturated carbocycles. The maximum Gasteiger partial charge on any atom is 0.231 e. The maximum atomic E-state index is 5.54. The molecule has 1 aliphatic heterocycles. The van der Waals surface area contributed by atoms with Crippen molar-refractivity contribution in [1.82, 2.24) is 15.5 Å². The molecular weight excluding hydrogens is 242 g/mol. The smallest absolute Gasteiger partial charge is 0.231 e. The van der Waals surface area contributed by atoms with Gasteiger partial charge in [0, 0.05) is 25.2 Å². The topological polar surface area (TPSA) is 60.2 Å². The van der Waals surface area contributed by atoms with Crippen molar-refractivity contribution < 1.29 is 9.26 Å². The second kappa shape index (κ2) is 6.01. The van der Waals surface area contributed by atoms with E-state index in [2.05, 4.69) is 22.4 Å². The molecule has 0 aromatic carbocycles. The molecule has 1 saturated heterocycles. The predicted molar refractivity (Wildman–Crippen MR) is 71.1 cm³/mol. The van der Waals surface area contributed by atoms with Gasteiger partial charge in [0.2, 0.25) is 5.89 Å². The molecule has 0 spiro atoms. The summed E-state index contributed by atoms with van der Waals surface area (Å²) in [4.78, 5) is 4.68. The van der Waals surface area contributed by atoms with Gasteiger partial charge in [-0.05, 0) is 32.2 Å². The first kappa shape index (κ1) is 13.1. The van der Waals surface area contributed by atoms with E-state index in [1.165, 1.54) is 12.8 Å². The molecule has 2 aliphatic rings. The van der Waals surface area contributed by atoms with Crippen molar-refractivity contribution in [2.75, 3.05) is 19.8 Å². The summed E-state index contributed by atoms with van der Waals surface area (Å²) >= 11 is 0. The molecule has 2 unspecified atom stereocenters. The van der Waals surface area contributed by atoms with Gasteiger partial charge in [0.15, 0.2) is 5.82 Å². The van der Waals surface area contributed by atoms with Crippen LogP contribution < -0.4 is 5.32 Å². The Hall–Kier alpha value is -0.940. The lowest BCUT2D eigenvalue weighted by Crippen LogP contribution is -2.31. The number of nitrogens with zero attached hydrogens (tertiary/aromatic N) is 2. The zero-order valence-electron chi connectivity index (χ0n) is 11.6. The first-order chi connectivity index (χ1) is 9.38. The van der Waals surface area contributed by atoms with Crippen LogP contribution in [0.2, 0.25) is 0 Å².